The molecule has 2 rings (SSSR count). The van der Waals surface area contributed by atoms with Crippen molar-refractivity contribution in [1.82, 2.24) is 0 Å². The number of sulfonamides is 1. The summed E-state index contributed by atoms with van der Waals surface area (Å²) in [5.74, 6) is 0. The minimum absolute atomic E-state index is 0.179. The van der Waals surface area contributed by atoms with E-state index in [0.717, 1.165) is 16.0 Å². The minimum Gasteiger partial charge on any atom is -0.380 e. The molecule has 4 nitrogen and oxygen atoms in total. The van der Waals surface area contributed by atoms with Gasteiger partial charge in [0.25, 0.3) is 0 Å². The topological polar surface area (TPSA) is 69.4 Å². The molecule has 6 heteroatoms. The van der Waals surface area contributed by atoms with Gasteiger partial charge < -0.3 is 4.74 Å². The summed E-state index contributed by atoms with van der Waals surface area (Å²) in [5.41, 5.74) is 2.04. The summed E-state index contributed by atoms with van der Waals surface area (Å²) in [4.78, 5) is 0.878. The van der Waals surface area contributed by atoms with Gasteiger partial charge in [-0.25, -0.2) is 13.6 Å². The highest BCUT2D eigenvalue weighted by molar-refractivity contribution is 7.91. The highest BCUT2D eigenvalue weighted by atomic mass is 32.2. The van der Waals surface area contributed by atoms with Crippen LogP contribution in [-0.4, -0.2) is 15.5 Å². The number of nitrogens with two attached hydrogens (primary N) is 1. The summed E-state index contributed by atoms with van der Waals surface area (Å²) in [5, 5.41) is 5.08. The zero-order valence-corrected chi connectivity index (χ0v) is 11.4. The predicted molar refractivity (Wildman–Crippen MR) is 71.8 cm³/mol. The third-order valence-electron chi connectivity index (χ3n) is 2.41. The van der Waals surface area contributed by atoms with Crippen molar-refractivity contribution in [2.45, 2.75) is 10.8 Å². The summed E-state index contributed by atoms with van der Waals surface area (Å²) in [6, 6.07) is 11.1. The zero-order valence-electron chi connectivity index (χ0n) is 9.79. The first-order valence-electron chi connectivity index (χ1n) is 5.21. The lowest BCUT2D eigenvalue weighted by molar-refractivity contribution is 0.185. The van der Waals surface area contributed by atoms with Crippen LogP contribution in [0, 0.1) is 0 Å². The van der Waals surface area contributed by atoms with Gasteiger partial charge in [0.15, 0.2) is 0 Å². The normalized spacial score (nSPS) is 11.7. The Kier molecular flexibility index (Phi) is 3.82. The average molecular weight is 283 g/mol. The number of benzene rings is 1. The number of hydrogen-bond donors (Lipinski definition) is 1. The Bertz CT molecular complexity index is 630. The molecule has 0 aliphatic heterocycles. The lowest BCUT2D eigenvalue weighted by Gasteiger charge is -2.01. The highest BCUT2D eigenvalue weighted by Crippen LogP contribution is 2.30. The number of hydrogen-bond acceptors (Lipinski definition) is 4. The van der Waals surface area contributed by atoms with E-state index < -0.39 is 10.0 Å². The quantitative estimate of drug-likeness (QED) is 0.935. The minimum atomic E-state index is -3.61. The molecule has 0 fully saturated rings. The number of primary sulfonamides is 1. The predicted octanol–water partition coefficient (Wildman–Crippen LogP) is 2.21. The molecule has 2 aromatic rings. The molecule has 0 radical (unpaired) electrons. The molecule has 1 aromatic heterocycles. The maximum atomic E-state index is 11.2. The lowest BCUT2D eigenvalue weighted by atomic mass is 10.1. The van der Waals surface area contributed by atoms with E-state index in [1.807, 2.05) is 24.3 Å². The summed E-state index contributed by atoms with van der Waals surface area (Å²) in [6.45, 7) is 0.563. The molecule has 1 aromatic carbocycles. The van der Waals surface area contributed by atoms with E-state index >= 15 is 0 Å². The van der Waals surface area contributed by atoms with Crippen molar-refractivity contribution >= 4 is 21.4 Å². The first kappa shape index (κ1) is 13.2. The molecule has 0 aliphatic rings. The Morgan fingerprint density at radius 2 is 1.83 bits per heavy atom. The lowest BCUT2D eigenvalue weighted by Crippen LogP contribution is -2.09. The van der Waals surface area contributed by atoms with Crippen LogP contribution in [0.3, 0.4) is 0 Å². The van der Waals surface area contributed by atoms with Crippen molar-refractivity contribution < 1.29 is 13.2 Å². The van der Waals surface area contributed by atoms with Crippen LogP contribution >= 0.6 is 11.3 Å². The van der Waals surface area contributed by atoms with Crippen molar-refractivity contribution in [3.63, 3.8) is 0 Å². The Morgan fingerprint density at radius 3 is 2.33 bits per heavy atom. The van der Waals surface area contributed by atoms with Gasteiger partial charge in [0.2, 0.25) is 10.0 Å². The maximum absolute atomic E-state index is 11.2. The second-order valence-electron chi connectivity index (χ2n) is 3.79. The molecule has 0 bridgehead atoms. The summed E-state index contributed by atoms with van der Waals surface area (Å²) in [7, 11) is -1.96. The molecular formula is C12H13NO3S2. The van der Waals surface area contributed by atoms with Crippen molar-refractivity contribution in [2.24, 2.45) is 5.14 Å². The fraction of sp³-hybridized carbons (Fsp3) is 0.167. The molecule has 1 heterocycles. The fourth-order valence-electron chi connectivity index (χ4n) is 1.56. The van der Waals surface area contributed by atoms with Gasteiger partial charge in [-0.05, 0) is 23.3 Å². The average Bonchev–Trinajstić information content (AvgIpc) is 2.79. The molecule has 0 aliphatic carbocycles. The zero-order chi connectivity index (χ0) is 13.2. The van der Waals surface area contributed by atoms with Gasteiger partial charge in [-0.3, -0.25) is 0 Å². The molecule has 96 valence electrons. The Labute approximate surface area is 110 Å². The van der Waals surface area contributed by atoms with Gasteiger partial charge in [0.05, 0.1) is 6.61 Å². The second-order valence-corrected chi connectivity index (χ2v) is 6.67. The molecule has 0 saturated heterocycles. The maximum Gasteiger partial charge on any atom is 0.247 e. The third-order valence-corrected chi connectivity index (χ3v) is 4.98. The first-order valence-corrected chi connectivity index (χ1v) is 7.58. The van der Waals surface area contributed by atoms with Crippen LogP contribution in [-0.2, 0) is 21.4 Å². The van der Waals surface area contributed by atoms with Gasteiger partial charge in [0, 0.05) is 12.0 Å². The van der Waals surface area contributed by atoms with Crippen LogP contribution in [0.25, 0.3) is 10.4 Å². The van der Waals surface area contributed by atoms with Crippen LogP contribution in [0.15, 0.2) is 40.6 Å². The molecule has 2 N–H and O–H groups in total. The largest absolute Gasteiger partial charge is 0.380 e. The van der Waals surface area contributed by atoms with Crippen molar-refractivity contribution in [3.05, 3.63) is 42.0 Å². The van der Waals surface area contributed by atoms with E-state index in [2.05, 4.69) is 0 Å². The van der Waals surface area contributed by atoms with Gasteiger partial charge in [0.1, 0.15) is 4.21 Å². The van der Waals surface area contributed by atoms with E-state index in [9.17, 15) is 8.42 Å². The number of thiophene rings is 1. The van der Waals surface area contributed by atoms with E-state index in [0.29, 0.717) is 6.61 Å². The van der Waals surface area contributed by atoms with Crippen LogP contribution < -0.4 is 5.14 Å². The molecule has 0 spiro atoms. The molecule has 0 saturated carbocycles. The smallest absolute Gasteiger partial charge is 0.247 e. The number of ether oxygens (including phenoxy) is 1. The van der Waals surface area contributed by atoms with Crippen LogP contribution in [0.5, 0.6) is 0 Å². The Hall–Kier alpha value is -1.21. The van der Waals surface area contributed by atoms with Crippen LogP contribution in [0.2, 0.25) is 0 Å². The number of methoxy groups -OCH3 is 1. The van der Waals surface area contributed by atoms with E-state index in [1.54, 1.807) is 13.2 Å². The number of rotatable bonds is 4. The van der Waals surface area contributed by atoms with Crippen LogP contribution in [0.1, 0.15) is 5.56 Å². The monoisotopic (exact) mass is 283 g/mol. The van der Waals surface area contributed by atoms with Crippen molar-refractivity contribution in [3.8, 4) is 10.4 Å². The fourth-order valence-corrected chi connectivity index (χ4v) is 3.29. The van der Waals surface area contributed by atoms with Gasteiger partial charge in [-0.2, -0.15) is 0 Å². The summed E-state index contributed by atoms with van der Waals surface area (Å²) >= 11 is 1.17. The standard InChI is InChI=1S/C12H13NO3S2/c1-16-8-9-2-4-10(5-3-9)11-6-7-12(17-11)18(13,14)15/h2-7H,8H2,1H3,(H2,13,14,15). The van der Waals surface area contributed by atoms with Gasteiger partial charge >= 0.3 is 0 Å². The molecule has 0 unspecified atom stereocenters. The van der Waals surface area contributed by atoms with E-state index in [-0.39, 0.29) is 4.21 Å². The summed E-state index contributed by atoms with van der Waals surface area (Å²) in [6.07, 6.45) is 0. The first-order chi connectivity index (χ1) is 8.50. The van der Waals surface area contributed by atoms with Gasteiger partial charge in [-0.1, -0.05) is 24.3 Å². The SMILES string of the molecule is COCc1ccc(-c2ccc(S(N)(=O)=O)s2)cc1. The van der Waals surface area contributed by atoms with Crippen LogP contribution in [0.4, 0.5) is 0 Å². The Balaban J connectivity index is 2.29. The van der Waals surface area contributed by atoms with E-state index in [4.69, 9.17) is 9.88 Å². The third kappa shape index (κ3) is 2.97. The Morgan fingerprint density at radius 1 is 1.17 bits per heavy atom. The molecular weight excluding hydrogens is 270 g/mol. The van der Waals surface area contributed by atoms with Gasteiger partial charge in [-0.15, -0.1) is 11.3 Å². The molecule has 0 atom stereocenters. The molecule has 18 heavy (non-hydrogen) atoms. The highest BCUT2D eigenvalue weighted by Gasteiger charge is 2.11. The summed E-state index contributed by atoms with van der Waals surface area (Å²) < 4.78 is 27.6. The second kappa shape index (κ2) is 5.19. The molecule has 0 amide bonds. The van der Waals surface area contributed by atoms with Crippen molar-refractivity contribution in [2.75, 3.05) is 7.11 Å². The van der Waals surface area contributed by atoms with E-state index in [1.165, 1.54) is 17.4 Å². The van der Waals surface area contributed by atoms with Crippen molar-refractivity contribution in [1.29, 1.82) is 0 Å².